The normalized spacial score (nSPS) is 17.2. The molecule has 3 N–H and O–H groups in total. The molecule has 0 radical (unpaired) electrons. The molecular formula is C19H27N3O4. The van der Waals surface area contributed by atoms with Crippen LogP contribution < -0.4 is 11.1 Å². The zero-order chi connectivity index (χ0) is 19.1. The van der Waals surface area contributed by atoms with Crippen molar-refractivity contribution in [2.24, 2.45) is 11.7 Å². The first-order chi connectivity index (χ1) is 12.4. The van der Waals surface area contributed by atoms with Crippen LogP contribution >= 0.6 is 0 Å². The fourth-order valence-corrected chi connectivity index (χ4v) is 3.06. The molecule has 1 heterocycles. The molecule has 142 valence electrons. The molecule has 1 aromatic rings. The maximum atomic E-state index is 12.4. The average molecular weight is 361 g/mol. The maximum absolute atomic E-state index is 12.4. The van der Waals surface area contributed by atoms with E-state index in [0.29, 0.717) is 19.0 Å². The molecule has 0 aromatic heterocycles. The van der Waals surface area contributed by atoms with E-state index in [9.17, 15) is 14.4 Å². The molecule has 1 aliphatic heterocycles. The second-order valence-electron chi connectivity index (χ2n) is 6.82. The van der Waals surface area contributed by atoms with Crippen LogP contribution in [0.3, 0.4) is 0 Å². The molecule has 1 aliphatic rings. The number of hydrogen-bond acceptors (Lipinski definition) is 4. The van der Waals surface area contributed by atoms with Crippen LogP contribution in [0.4, 0.5) is 4.79 Å². The van der Waals surface area contributed by atoms with Crippen molar-refractivity contribution in [3.05, 3.63) is 35.9 Å². The van der Waals surface area contributed by atoms with E-state index >= 15 is 0 Å². The first-order valence-electron chi connectivity index (χ1n) is 8.96. The lowest BCUT2D eigenvalue weighted by Gasteiger charge is -2.32. The lowest BCUT2D eigenvalue weighted by Crippen LogP contribution is -2.44. The summed E-state index contributed by atoms with van der Waals surface area (Å²) < 4.78 is 5.30. The monoisotopic (exact) mass is 361 g/mol. The Morgan fingerprint density at radius 1 is 1.23 bits per heavy atom. The fourth-order valence-electron chi connectivity index (χ4n) is 3.06. The number of primary amides is 1. The average Bonchev–Trinajstić information content (AvgIpc) is 2.61. The fraction of sp³-hybridized carbons (Fsp3) is 0.526. The van der Waals surface area contributed by atoms with E-state index in [1.807, 2.05) is 6.07 Å². The summed E-state index contributed by atoms with van der Waals surface area (Å²) in [4.78, 5) is 37.7. The second kappa shape index (κ2) is 9.22. The maximum Gasteiger partial charge on any atom is 0.312 e. The van der Waals surface area contributed by atoms with E-state index in [0.717, 1.165) is 18.4 Å². The number of benzene rings is 1. The lowest BCUT2D eigenvalue weighted by molar-refractivity contribution is -0.160. The summed E-state index contributed by atoms with van der Waals surface area (Å²) in [5.41, 5.74) is 5.94. The predicted molar refractivity (Wildman–Crippen MR) is 97.1 cm³/mol. The van der Waals surface area contributed by atoms with Crippen molar-refractivity contribution in [1.29, 1.82) is 0 Å². The highest BCUT2D eigenvalue weighted by Gasteiger charge is 2.28. The van der Waals surface area contributed by atoms with Gasteiger partial charge in [-0.1, -0.05) is 37.3 Å². The van der Waals surface area contributed by atoms with Crippen LogP contribution in [0, 0.1) is 5.92 Å². The van der Waals surface area contributed by atoms with Gasteiger partial charge in [0.2, 0.25) is 0 Å². The van der Waals surface area contributed by atoms with E-state index in [-0.39, 0.29) is 12.3 Å². The Morgan fingerprint density at radius 2 is 1.85 bits per heavy atom. The molecule has 7 heteroatoms. The molecule has 2 atom stereocenters. The van der Waals surface area contributed by atoms with Gasteiger partial charge in [-0.3, -0.25) is 9.59 Å². The van der Waals surface area contributed by atoms with Gasteiger partial charge in [-0.2, -0.15) is 0 Å². The number of nitrogens with two attached hydrogens (primary N) is 1. The Bertz CT molecular complexity index is 627. The minimum atomic E-state index is -0.846. The zero-order valence-corrected chi connectivity index (χ0v) is 15.3. The quantitative estimate of drug-likeness (QED) is 0.756. The van der Waals surface area contributed by atoms with Gasteiger partial charge in [0.05, 0.1) is 12.5 Å². The number of rotatable bonds is 6. The summed E-state index contributed by atoms with van der Waals surface area (Å²) >= 11 is 0. The van der Waals surface area contributed by atoms with Gasteiger partial charge in [-0.25, -0.2) is 4.79 Å². The highest BCUT2D eigenvalue weighted by Crippen LogP contribution is 2.19. The molecule has 0 saturated carbocycles. The van der Waals surface area contributed by atoms with Gasteiger partial charge >= 0.3 is 12.0 Å². The molecule has 26 heavy (non-hydrogen) atoms. The van der Waals surface area contributed by atoms with Gasteiger partial charge in [-0.15, -0.1) is 0 Å². The minimum absolute atomic E-state index is 0.0956. The third kappa shape index (κ3) is 5.75. The zero-order valence-electron chi connectivity index (χ0n) is 15.3. The third-order valence-electron chi connectivity index (χ3n) is 4.64. The van der Waals surface area contributed by atoms with E-state index in [4.69, 9.17) is 10.5 Å². The highest BCUT2D eigenvalue weighted by atomic mass is 16.5. The summed E-state index contributed by atoms with van der Waals surface area (Å²) in [7, 11) is 0. The molecule has 2 rings (SSSR count). The number of ether oxygens (including phenoxy) is 1. The Morgan fingerprint density at radius 3 is 2.42 bits per heavy atom. The van der Waals surface area contributed by atoms with Gasteiger partial charge in [-0.05, 0) is 31.2 Å². The summed E-state index contributed by atoms with van der Waals surface area (Å²) in [5.74, 6) is -0.119. The van der Waals surface area contributed by atoms with E-state index < -0.39 is 24.1 Å². The van der Waals surface area contributed by atoms with E-state index in [1.165, 1.54) is 0 Å². The van der Waals surface area contributed by atoms with Crippen LogP contribution in [0.5, 0.6) is 0 Å². The number of nitrogens with one attached hydrogen (secondary N) is 1. The molecule has 1 saturated heterocycles. The number of esters is 1. The molecule has 3 amide bonds. The molecule has 0 spiro atoms. The van der Waals surface area contributed by atoms with Gasteiger partial charge in [0.15, 0.2) is 6.10 Å². The molecule has 0 bridgehead atoms. The smallest absolute Gasteiger partial charge is 0.312 e. The molecule has 1 aromatic carbocycles. The van der Waals surface area contributed by atoms with Crippen molar-refractivity contribution in [2.75, 3.05) is 13.1 Å². The van der Waals surface area contributed by atoms with Gasteiger partial charge < -0.3 is 20.7 Å². The molecule has 1 fully saturated rings. The van der Waals surface area contributed by atoms with Crippen LogP contribution in [0.1, 0.15) is 44.7 Å². The lowest BCUT2D eigenvalue weighted by atomic mass is 9.99. The summed E-state index contributed by atoms with van der Waals surface area (Å²) in [5, 5.41) is 2.54. The Hall–Kier alpha value is -2.57. The topological polar surface area (TPSA) is 102 Å². The van der Waals surface area contributed by atoms with Crippen molar-refractivity contribution in [1.82, 2.24) is 10.2 Å². The number of hydrogen-bond donors (Lipinski definition) is 2. The van der Waals surface area contributed by atoms with Crippen LogP contribution in [0.25, 0.3) is 0 Å². The van der Waals surface area contributed by atoms with Crippen LogP contribution in [0.15, 0.2) is 30.3 Å². The minimum Gasteiger partial charge on any atom is -0.452 e. The van der Waals surface area contributed by atoms with Crippen LogP contribution in [-0.2, 0) is 14.3 Å². The first-order valence-corrected chi connectivity index (χ1v) is 8.96. The Kier molecular flexibility index (Phi) is 7.00. The largest absolute Gasteiger partial charge is 0.452 e. The number of likely N-dealkylation sites (tertiary alicyclic amines) is 1. The Labute approximate surface area is 153 Å². The van der Waals surface area contributed by atoms with Gasteiger partial charge in [0.25, 0.3) is 5.91 Å². The van der Waals surface area contributed by atoms with Crippen molar-refractivity contribution in [3.8, 4) is 0 Å². The standard InChI is InChI=1S/C19H27N3O4/c1-13-8-10-22(11-9-13)18(24)14(2)26-17(23)12-16(21-19(20)25)15-6-4-3-5-7-15/h3-7,13-14,16H,8-12H2,1-2H3,(H3,20,21,25)/t14-,16-/m0/s1. The van der Waals surface area contributed by atoms with Crippen LogP contribution in [-0.4, -0.2) is 42.0 Å². The first kappa shape index (κ1) is 19.8. The molecular weight excluding hydrogens is 334 g/mol. The van der Waals surface area contributed by atoms with E-state index in [2.05, 4.69) is 12.2 Å². The number of carbonyl (C=O) groups is 3. The second-order valence-corrected chi connectivity index (χ2v) is 6.82. The van der Waals surface area contributed by atoms with Gasteiger partial charge in [0.1, 0.15) is 0 Å². The van der Waals surface area contributed by atoms with Gasteiger partial charge in [0, 0.05) is 13.1 Å². The van der Waals surface area contributed by atoms with Crippen molar-refractivity contribution in [3.63, 3.8) is 0 Å². The number of urea groups is 1. The predicted octanol–water partition coefficient (Wildman–Crippen LogP) is 1.98. The van der Waals surface area contributed by atoms with Crippen LogP contribution in [0.2, 0.25) is 0 Å². The van der Waals surface area contributed by atoms with Crippen molar-refractivity contribution in [2.45, 2.75) is 45.3 Å². The SMILES string of the molecule is CC1CCN(C(=O)[C@H](C)OC(=O)C[C@H](NC(N)=O)c2ccccc2)CC1. The number of carbonyl (C=O) groups excluding carboxylic acids is 3. The summed E-state index contributed by atoms with van der Waals surface area (Å²) in [6.07, 6.45) is 0.985. The van der Waals surface area contributed by atoms with Crippen molar-refractivity contribution < 1.29 is 19.1 Å². The molecule has 7 nitrogen and oxygen atoms in total. The van der Waals surface area contributed by atoms with Crippen molar-refractivity contribution >= 4 is 17.9 Å². The third-order valence-corrected chi connectivity index (χ3v) is 4.64. The summed E-state index contributed by atoms with van der Waals surface area (Å²) in [6, 6.07) is 7.70. The molecule has 0 aliphatic carbocycles. The molecule has 0 unspecified atom stereocenters. The number of nitrogens with zero attached hydrogens (tertiary/aromatic N) is 1. The van der Waals surface area contributed by atoms with E-state index in [1.54, 1.807) is 36.1 Å². The summed E-state index contributed by atoms with van der Waals surface area (Å²) in [6.45, 7) is 5.13. The number of piperidine rings is 1. The number of amides is 3. The highest BCUT2D eigenvalue weighted by molar-refractivity contribution is 5.84. The Balaban J connectivity index is 1.92.